The molecule has 0 unspecified atom stereocenters. The van der Waals surface area contributed by atoms with Crippen LogP contribution in [-0.2, 0) is 12.7 Å². The van der Waals surface area contributed by atoms with Crippen molar-refractivity contribution in [2.24, 2.45) is 4.99 Å². The lowest BCUT2D eigenvalue weighted by molar-refractivity contribution is -0.137. The van der Waals surface area contributed by atoms with Crippen molar-refractivity contribution in [3.8, 4) is 17.0 Å². The second kappa shape index (κ2) is 9.67. The zero-order chi connectivity index (χ0) is 28.0. The molecule has 0 amide bonds. The first kappa shape index (κ1) is 25.3. The van der Waals surface area contributed by atoms with Gasteiger partial charge in [-0.25, -0.2) is 14.2 Å². The minimum atomic E-state index is -4.51. The van der Waals surface area contributed by atoms with Crippen LogP contribution in [0.3, 0.4) is 0 Å². The average Bonchev–Trinajstić information content (AvgIpc) is 3.55. The molecule has 2 aromatic carbocycles. The van der Waals surface area contributed by atoms with E-state index >= 15 is 0 Å². The van der Waals surface area contributed by atoms with E-state index in [1.165, 1.54) is 47.1 Å². The summed E-state index contributed by atoms with van der Waals surface area (Å²) in [5.41, 5.74) is 0.823. The Bertz CT molecular complexity index is 1920. The predicted molar refractivity (Wildman–Crippen MR) is 138 cm³/mol. The Balaban J connectivity index is 1.40. The average molecular weight is 552 g/mol. The molecule has 3 heterocycles. The molecule has 3 aromatic heterocycles. The Morgan fingerprint density at radius 1 is 1.15 bits per heavy atom. The number of halogens is 4. The van der Waals surface area contributed by atoms with Crippen LogP contribution in [0.5, 0.6) is 5.88 Å². The molecule has 0 bridgehead atoms. The van der Waals surface area contributed by atoms with E-state index in [0.29, 0.717) is 38.9 Å². The van der Waals surface area contributed by atoms with Crippen LogP contribution in [0.1, 0.15) is 29.7 Å². The van der Waals surface area contributed by atoms with Crippen molar-refractivity contribution in [2.75, 3.05) is 5.32 Å². The van der Waals surface area contributed by atoms with E-state index in [4.69, 9.17) is 4.99 Å². The number of benzene rings is 2. The fourth-order valence-corrected chi connectivity index (χ4v) is 4.33. The topological polar surface area (TPSA) is 123 Å². The number of imidazole rings is 1. The van der Waals surface area contributed by atoms with Gasteiger partial charge in [-0.2, -0.15) is 22.8 Å². The number of hydrogen-bond donors (Lipinski definition) is 4. The Morgan fingerprint density at radius 3 is 2.70 bits per heavy atom. The first-order chi connectivity index (χ1) is 19.1. The minimum absolute atomic E-state index is 0.0501. The lowest BCUT2D eigenvalue weighted by Gasteiger charge is -2.14. The van der Waals surface area contributed by atoms with Gasteiger partial charge in [-0.1, -0.05) is 18.2 Å². The number of nitrogens with one attached hydrogen (secondary N) is 3. The van der Waals surface area contributed by atoms with Crippen molar-refractivity contribution < 1.29 is 22.7 Å². The van der Waals surface area contributed by atoms with Crippen molar-refractivity contribution in [1.29, 1.82) is 0 Å². The van der Waals surface area contributed by atoms with Gasteiger partial charge in [0.15, 0.2) is 11.1 Å². The molecule has 1 aliphatic carbocycles. The standard InChI is InChI=1S/C27H21F4N7O2/c28-18-4-7-20(14-2-1-3-17(8-14)27(29,30)31)15(9-18)12-32-22-11-23(34-19-5-6-19)38-24(36-22)16(13-33-38)10-21-25(39)37-26(40)35-21/h1-4,7-11,13,19,32,39H,5-6,12H2,(H2,35,37,40)/b16-10-,34-23?. The van der Waals surface area contributed by atoms with Crippen LogP contribution < -0.4 is 21.7 Å². The number of fused-ring (bicyclic) bond motifs is 1. The van der Waals surface area contributed by atoms with E-state index in [0.717, 1.165) is 25.0 Å². The van der Waals surface area contributed by atoms with Gasteiger partial charge in [-0.15, -0.1) is 0 Å². The maximum absolute atomic E-state index is 14.2. The van der Waals surface area contributed by atoms with Crippen molar-refractivity contribution >= 4 is 17.5 Å². The van der Waals surface area contributed by atoms with Gasteiger partial charge in [0.25, 0.3) is 0 Å². The van der Waals surface area contributed by atoms with E-state index in [2.05, 4.69) is 25.4 Å². The Labute approximate surface area is 222 Å². The number of aromatic nitrogens is 5. The van der Waals surface area contributed by atoms with Crippen molar-refractivity contribution in [1.82, 2.24) is 24.6 Å². The third-order valence-corrected chi connectivity index (χ3v) is 6.41. The highest BCUT2D eigenvalue weighted by Crippen LogP contribution is 2.33. The zero-order valence-electron chi connectivity index (χ0n) is 20.6. The van der Waals surface area contributed by atoms with Crippen LogP contribution in [0.15, 0.2) is 64.5 Å². The van der Waals surface area contributed by atoms with Crippen LogP contribution in [0.2, 0.25) is 0 Å². The zero-order valence-corrected chi connectivity index (χ0v) is 20.6. The third kappa shape index (κ3) is 5.17. The largest absolute Gasteiger partial charge is 0.493 e. The highest BCUT2D eigenvalue weighted by atomic mass is 19.4. The first-order valence-corrected chi connectivity index (χ1v) is 12.3. The lowest BCUT2D eigenvalue weighted by atomic mass is 9.97. The molecule has 5 aromatic rings. The van der Waals surface area contributed by atoms with Crippen molar-refractivity contribution in [3.63, 3.8) is 0 Å². The summed E-state index contributed by atoms with van der Waals surface area (Å²) in [4.78, 5) is 25.6. The number of rotatable bonds is 6. The second-order valence-corrected chi connectivity index (χ2v) is 9.41. The molecular weight excluding hydrogens is 530 g/mol. The number of hydrogen-bond acceptors (Lipinski definition) is 6. The van der Waals surface area contributed by atoms with Crippen LogP contribution in [0.4, 0.5) is 23.4 Å². The molecule has 0 atom stereocenters. The normalized spacial score (nSPS) is 14.8. The SMILES string of the molecule is O=c1[nH]c(O)c(/C=c2/cnn3c(=NC4CC4)cc(NCc4cc(F)ccc4-c4cccc(C(F)(F)F)c4)nc23)[nH]1. The summed E-state index contributed by atoms with van der Waals surface area (Å²) in [5, 5.41) is 17.9. The number of aromatic hydroxyl groups is 1. The van der Waals surface area contributed by atoms with Crippen LogP contribution in [0, 0.1) is 5.82 Å². The molecule has 0 saturated heterocycles. The molecule has 1 aliphatic rings. The summed E-state index contributed by atoms with van der Waals surface area (Å²) >= 11 is 0. The molecule has 13 heteroatoms. The summed E-state index contributed by atoms with van der Waals surface area (Å²) < 4.78 is 55.7. The summed E-state index contributed by atoms with van der Waals surface area (Å²) in [6.45, 7) is 0.0501. The van der Waals surface area contributed by atoms with Crippen molar-refractivity contribution in [3.05, 3.63) is 98.6 Å². The predicted octanol–water partition coefficient (Wildman–Crippen LogP) is 3.50. The number of alkyl halides is 3. The third-order valence-electron chi connectivity index (χ3n) is 6.41. The molecule has 6 rings (SSSR count). The molecule has 1 fully saturated rings. The van der Waals surface area contributed by atoms with Crippen LogP contribution in [0.25, 0.3) is 22.9 Å². The molecule has 0 spiro atoms. The number of aromatic amines is 2. The lowest BCUT2D eigenvalue weighted by Crippen LogP contribution is -2.20. The summed E-state index contributed by atoms with van der Waals surface area (Å²) in [6.07, 6.45) is 0.385. The molecule has 0 radical (unpaired) electrons. The van der Waals surface area contributed by atoms with Gasteiger partial charge in [0.1, 0.15) is 17.3 Å². The van der Waals surface area contributed by atoms with E-state index in [1.807, 2.05) is 0 Å². The molecular formula is C27H21F4N7O2. The fraction of sp³-hybridized carbons (Fsp3) is 0.185. The number of H-pyrrole nitrogens is 2. The van der Waals surface area contributed by atoms with E-state index in [-0.39, 0.29) is 24.2 Å². The molecule has 0 aliphatic heterocycles. The van der Waals surface area contributed by atoms with Gasteiger partial charge in [-0.3, -0.25) is 9.98 Å². The number of nitrogens with zero attached hydrogens (tertiary/aromatic N) is 4. The Hall–Kier alpha value is -4.94. The molecule has 9 nitrogen and oxygen atoms in total. The first-order valence-electron chi connectivity index (χ1n) is 12.3. The van der Waals surface area contributed by atoms with Gasteiger partial charge in [0, 0.05) is 17.8 Å². The van der Waals surface area contributed by atoms with Gasteiger partial charge in [-0.05, 0) is 59.9 Å². The smallest absolute Gasteiger partial charge is 0.416 e. The van der Waals surface area contributed by atoms with Gasteiger partial charge >= 0.3 is 11.9 Å². The van der Waals surface area contributed by atoms with Crippen LogP contribution >= 0.6 is 0 Å². The van der Waals surface area contributed by atoms with E-state index in [1.54, 1.807) is 6.07 Å². The monoisotopic (exact) mass is 551 g/mol. The van der Waals surface area contributed by atoms with E-state index in [9.17, 15) is 27.5 Å². The Kier molecular flexibility index (Phi) is 6.12. The molecule has 204 valence electrons. The van der Waals surface area contributed by atoms with Crippen LogP contribution in [-0.4, -0.2) is 35.7 Å². The Morgan fingerprint density at radius 2 is 1.98 bits per heavy atom. The van der Waals surface area contributed by atoms with Gasteiger partial charge in [0.05, 0.1) is 17.8 Å². The summed E-state index contributed by atoms with van der Waals surface area (Å²) in [5.74, 6) is -0.504. The maximum Gasteiger partial charge on any atom is 0.416 e. The fourth-order valence-electron chi connectivity index (χ4n) is 4.33. The highest BCUT2D eigenvalue weighted by molar-refractivity contribution is 5.69. The minimum Gasteiger partial charge on any atom is -0.493 e. The van der Waals surface area contributed by atoms with Gasteiger partial charge in [0.2, 0.25) is 5.88 Å². The van der Waals surface area contributed by atoms with E-state index < -0.39 is 23.2 Å². The molecule has 1 saturated carbocycles. The summed E-state index contributed by atoms with van der Waals surface area (Å²) in [6, 6.07) is 10.6. The highest BCUT2D eigenvalue weighted by Gasteiger charge is 2.30. The molecule has 40 heavy (non-hydrogen) atoms. The second-order valence-electron chi connectivity index (χ2n) is 9.41. The van der Waals surface area contributed by atoms with Crippen molar-refractivity contribution in [2.45, 2.75) is 31.6 Å². The quantitative estimate of drug-likeness (QED) is 0.241. The molecule has 4 N–H and O–H groups in total. The maximum atomic E-state index is 14.2. The van der Waals surface area contributed by atoms with Gasteiger partial charge < -0.3 is 15.4 Å². The number of anilines is 1. The summed E-state index contributed by atoms with van der Waals surface area (Å²) in [7, 11) is 0.